The van der Waals surface area contributed by atoms with Gasteiger partial charge in [0.25, 0.3) is 5.91 Å². The van der Waals surface area contributed by atoms with E-state index in [1.165, 1.54) is 29.9 Å². The van der Waals surface area contributed by atoms with Gasteiger partial charge >= 0.3 is 16.2 Å². The van der Waals surface area contributed by atoms with Gasteiger partial charge in [0.1, 0.15) is 16.2 Å². The molecule has 230 valence electrons. The van der Waals surface area contributed by atoms with Crippen LogP contribution in [0.25, 0.3) is 22.2 Å². The van der Waals surface area contributed by atoms with Crippen molar-refractivity contribution in [1.82, 2.24) is 14.8 Å². The van der Waals surface area contributed by atoms with Crippen LogP contribution in [0.4, 0.5) is 4.79 Å². The topological polar surface area (TPSA) is 107 Å². The third-order valence-electron chi connectivity index (χ3n) is 8.06. The Kier molecular flexibility index (Phi) is 7.75. The lowest BCUT2D eigenvalue weighted by molar-refractivity contribution is 0.0546. The van der Waals surface area contributed by atoms with E-state index in [2.05, 4.69) is 16.3 Å². The van der Waals surface area contributed by atoms with Gasteiger partial charge in [-0.3, -0.25) is 9.69 Å². The molecule has 0 unspecified atom stereocenters. The maximum absolute atomic E-state index is 13.7. The fourth-order valence-electron chi connectivity index (χ4n) is 6.05. The molecule has 6 rings (SSSR count). The van der Waals surface area contributed by atoms with E-state index >= 15 is 0 Å². The number of likely N-dealkylation sites (tertiary alicyclic amines) is 1. The van der Waals surface area contributed by atoms with Crippen molar-refractivity contribution in [3.63, 3.8) is 0 Å². The molecule has 10 heteroatoms. The number of carbonyl (C=O) groups excluding carboxylic acids is 2. The molecule has 3 heterocycles. The number of nitrogens with zero attached hydrogens (tertiary/aromatic N) is 2. The van der Waals surface area contributed by atoms with E-state index in [1.807, 2.05) is 18.2 Å². The number of benzene rings is 3. The summed E-state index contributed by atoms with van der Waals surface area (Å²) in [6.07, 6.45) is 3.08. The zero-order valence-corrected chi connectivity index (χ0v) is 26.3. The molecule has 2 aliphatic rings. The Bertz CT molecular complexity index is 1880. The fraction of sp³-hybridized carbons (Fsp3) is 0.353. The molecule has 0 bridgehead atoms. The Morgan fingerprint density at radius 2 is 1.73 bits per heavy atom. The van der Waals surface area contributed by atoms with Crippen LogP contribution < -0.4 is 9.50 Å². The number of aromatic nitrogens is 1. The van der Waals surface area contributed by atoms with E-state index < -0.39 is 21.8 Å². The average molecular weight is 616 g/mol. The van der Waals surface area contributed by atoms with E-state index in [1.54, 1.807) is 58.0 Å². The highest BCUT2D eigenvalue weighted by atomic mass is 32.2. The van der Waals surface area contributed by atoms with Crippen molar-refractivity contribution in [2.45, 2.75) is 70.5 Å². The first-order valence-corrected chi connectivity index (χ1v) is 16.4. The molecule has 0 radical (unpaired) electrons. The maximum atomic E-state index is 13.7. The molecule has 0 spiro atoms. The normalized spacial score (nSPS) is 15.7. The maximum Gasteiger partial charge on any atom is 0.419 e. The van der Waals surface area contributed by atoms with Crippen molar-refractivity contribution in [3.8, 4) is 17.0 Å². The van der Waals surface area contributed by atoms with Gasteiger partial charge in [-0.15, -0.1) is 0 Å². The Morgan fingerprint density at radius 1 is 0.977 bits per heavy atom. The number of hydrogen-bond donors (Lipinski definition) is 1. The lowest BCUT2D eigenvalue weighted by atomic mass is 9.99. The van der Waals surface area contributed by atoms with Gasteiger partial charge in [0.15, 0.2) is 0 Å². The minimum absolute atomic E-state index is 0.0560. The molecule has 0 saturated carbocycles. The summed E-state index contributed by atoms with van der Waals surface area (Å²) >= 11 is 0. The van der Waals surface area contributed by atoms with E-state index in [4.69, 9.17) is 8.92 Å². The lowest BCUT2D eigenvalue weighted by Gasteiger charge is -2.26. The van der Waals surface area contributed by atoms with Gasteiger partial charge in [-0.05, 0) is 101 Å². The van der Waals surface area contributed by atoms with E-state index in [0.717, 1.165) is 30.6 Å². The van der Waals surface area contributed by atoms with Crippen LogP contribution >= 0.6 is 0 Å². The standard InChI is InChI=1S/C34H37N3O6S/c1-22-10-6-7-11-30(22)44(40,41)43-29-15-13-25(31-26(29)20-35-32(31)38)28-19-24-18-23(21-36-16-8-5-9-17-36)12-14-27(24)37(28)33(39)42-34(2,3)4/h6-7,10-15,18-19H,5,8-9,16-17,20-21H2,1-4H3,(H,35,38). The first-order valence-electron chi connectivity index (χ1n) is 15.0. The first kappa shape index (κ1) is 29.9. The number of hydrogen-bond acceptors (Lipinski definition) is 7. The van der Waals surface area contributed by atoms with E-state index in [9.17, 15) is 18.0 Å². The SMILES string of the molecule is Cc1ccccc1S(=O)(=O)Oc1ccc(-c2cc3cc(CN4CCCCC4)ccc3n2C(=O)OC(C)(C)C)c2c1CNC2=O. The van der Waals surface area contributed by atoms with Crippen molar-refractivity contribution in [2.24, 2.45) is 0 Å². The molecule has 1 aromatic heterocycles. The molecule has 4 aromatic rings. The third-order valence-corrected chi connectivity index (χ3v) is 9.45. The molecule has 3 aromatic carbocycles. The number of carbonyl (C=O) groups is 2. The molecule has 1 amide bonds. The van der Waals surface area contributed by atoms with Gasteiger partial charge in [0, 0.05) is 29.6 Å². The fourth-order valence-corrected chi connectivity index (χ4v) is 7.24. The Morgan fingerprint density at radius 3 is 2.45 bits per heavy atom. The van der Waals surface area contributed by atoms with Gasteiger partial charge < -0.3 is 14.2 Å². The summed E-state index contributed by atoms with van der Waals surface area (Å²) < 4.78 is 39.4. The Balaban J connectivity index is 1.46. The molecular formula is C34H37N3O6S. The zero-order valence-electron chi connectivity index (χ0n) is 25.5. The van der Waals surface area contributed by atoms with Crippen LogP contribution in [0.1, 0.15) is 67.1 Å². The number of aryl methyl sites for hydroxylation is 1. The lowest BCUT2D eigenvalue weighted by Crippen LogP contribution is -2.29. The summed E-state index contributed by atoms with van der Waals surface area (Å²) in [6, 6.07) is 17.7. The van der Waals surface area contributed by atoms with Crippen molar-refractivity contribution >= 4 is 33.0 Å². The summed E-state index contributed by atoms with van der Waals surface area (Å²) in [6.45, 7) is 10.2. The van der Waals surface area contributed by atoms with Crippen LogP contribution in [0.2, 0.25) is 0 Å². The smallest absolute Gasteiger partial charge is 0.419 e. The predicted octanol–water partition coefficient (Wildman–Crippen LogP) is 6.40. The van der Waals surface area contributed by atoms with Crippen LogP contribution in [0.15, 0.2) is 65.6 Å². The second kappa shape index (κ2) is 11.4. The molecule has 0 atom stereocenters. The molecule has 1 saturated heterocycles. The highest BCUT2D eigenvalue weighted by molar-refractivity contribution is 7.87. The van der Waals surface area contributed by atoms with Crippen molar-refractivity contribution in [3.05, 3.63) is 82.9 Å². The van der Waals surface area contributed by atoms with Gasteiger partial charge in [0.2, 0.25) is 0 Å². The molecule has 2 aliphatic heterocycles. The minimum Gasteiger partial charge on any atom is -0.443 e. The quantitative estimate of drug-likeness (QED) is 0.250. The van der Waals surface area contributed by atoms with E-state index in [-0.39, 0.29) is 28.7 Å². The molecule has 9 nitrogen and oxygen atoms in total. The minimum atomic E-state index is -4.16. The number of fused-ring (bicyclic) bond motifs is 2. The Hall–Kier alpha value is -4.15. The van der Waals surface area contributed by atoms with Crippen LogP contribution in [0, 0.1) is 6.92 Å². The number of piperidine rings is 1. The summed E-state index contributed by atoms with van der Waals surface area (Å²) in [7, 11) is -4.16. The monoisotopic (exact) mass is 615 g/mol. The predicted molar refractivity (Wildman–Crippen MR) is 168 cm³/mol. The van der Waals surface area contributed by atoms with E-state index in [0.29, 0.717) is 27.9 Å². The second-order valence-corrected chi connectivity index (χ2v) is 14.0. The first-order chi connectivity index (χ1) is 20.9. The molecule has 1 N–H and O–H groups in total. The van der Waals surface area contributed by atoms with Crippen molar-refractivity contribution in [2.75, 3.05) is 13.1 Å². The van der Waals surface area contributed by atoms with Crippen LogP contribution in [0.3, 0.4) is 0 Å². The number of ether oxygens (including phenoxy) is 1. The number of amides is 1. The number of rotatable bonds is 6. The second-order valence-electron chi connectivity index (χ2n) is 12.5. The molecule has 1 fully saturated rings. The van der Waals surface area contributed by atoms with Crippen LogP contribution in [-0.2, 0) is 27.9 Å². The molecular weight excluding hydrogens is 578 g/mol. The highest BCUT2D eigenvalue weighted by Crippen LogP contribution is 2.39. The summed E-state index contributed by atoms with van der Waals surface area (Å²) in [5, 5.41) is 3.65. The van der Waals surface area contributed by atoms with Crippen molar-refractivity contribution in [1.29, 1.82) is 0 Å². The van der Waals surface area contributed by atoms with Crippen molar-refractivity contribution < 1.29 is 26.9 Å². The molecule has 44 heavy (non-hydrogen) atoms. The van der Waals surface area contributed by atoms with Gasteiger partial charge in [-0.1, -0.05) is 30.7 Å². The largest absolute Gasteiger partial charge is 0.443 e. The third kappa shape index (κ3) is 5.84. The zero-order chi connectivity index (χ0) is 31.2. The summed E-state index contributed by atoms with van der Waals surface area (Å²) in [5.41, 5.74) is 3.24. The number of nitrogens with one attached hydrogen (secondary N) is 1. The average Bonchev–Trinajstić information content (AvgIpc) is 3.54. The summed E-state index contributed by atoms with van der Waals surface area (Å²) in [5.74, 6) is -0.311. The van der Waals surface area contributed by atoms with Crippen LogP contribution in [-0.4, -0.2) is 48.6 Å². The van der Waals surface area contributed by atoms with Gasteiger partial charge in [-0.2, -0.15) is 8.42 Å². The highest BCUT2D eigenvalue weighted by Gasteiger charge is 2.32. The summed E-state index contributed by atoms with van der Waals surface area (Å²) in [4.78, 5) is 29.4. The Labute approximate surface area is 257 Å². The molecule has 0 aliphatic carbocycles. The van der Waals surface area contributed by atoms with Gasteiger partial charge in [0.05, 0.1) is 16.8 Å². The van der Waals surface area contributed by atoms with Gasteiger partial charge in [-0.25, -0.2) is 9.36 Å². The van der Waals surface area contributed by atoms with Crippen LogP contribution in [0.5, 0.6) is 5.75 Å².